The van der Waals surface area contributed by atoms with Crippen molar-refractivity contribution in [2.75, 3.05) is 0 Å². The van der Waals surface area contributed by atoms with Gasteiger partial charge in [0.25, 0.3) is 0 Å². The molecule has 0 saturated carbocycles. The van der Waals surface area contributed by atoms with Gasteiger partial charge in [0.15, 0.2) is 11.4 Å². The lowest BCUT2D eigenvalue weighted by atomic mass is 10.2. The van der Waals surface area contributed by atoms with E-state index in [1.807, 2.05) is 0 Å². The number of hydrogen-bond acceptors (Lipinski definition) is 2. The number of para-hydroxylation sites is 1. The Kier molecular flexibility index (Phi) is 1.92. The van der Waals surface area contributed by atoms with E-state index in [1.165, 1.54) is 24.5 Å². The molecule has 0 radical (unpaired) electrons. The Hall–Kier alpha value is -1.16. The fourth-order valence-corrected chi connectivity index (χ4v) is 1.41. The molecule has 2 aromatic rings. The van der Waals surface area contributed by atoms with Gasteiger partial charge in [0.05, 0.1) is 5.39 Å². The van der Waals surface area contributed by atoms with Gasteiger partial charge in [-0.05, 0) is 28.1 Å². The van der Waals surface area contributed by atoms with E-state index in [2.05, 4.69) is 15.9 Å². The summed E-state index contributed by atoms with van der Waals surface area (Å²) in [5, 5.41) is 0.245. The van der Waals surface area contributed by atoms with Crippen LogP contribution < -0.4 is 5.43 Å². The second kappa shape index (κ2) is 2.96. The van der Waals surface area contributed by atoms with E-state index in [1.54, 1.807) is 0 Å². The number of rotatable bonds is 0. The smallest absolute Gasteiger partial charge is 0.206 e. The zero-order valence-corrected chi connectivity index (χ0v) is 7.97. The van der Waals surface area contributed by atoms with Gasteiger partial charge in [0.1, 0.15) is 10.7 Å². The topological polar surface area (TPSA) is 30.2 Å². The first-order valence-electron chi connectivity index (χ1n) is 3.55. The molecule has 1 aromatic carbocycles. The van der Waals surface area contributed by atoms with Gasteiger partial charge >= 0.3 is 0 Å². The molecule has 2 rings (SSSR count). The Morgan fingerprint density at radius 1 is 1.38 bits per heavy atom. The Labute approximate surface area is 81.1 Å². The number of fused-ring (bicyclic) bond motifs is 1. The minimum atomic E-state index is -0.526. The van der Waals surface area contributed by atoms with Gasteiger partial charge in [-0.1, -0.05) is 6.07 Å². The number of hydrogen-bond donors (Lipinski definition) is 0. The molecule has 0 unspecified atom stereocenters. The van der Waals surface area contributed by atoms with Crippen LogP contribution >= 0.6 is 15.9 Å². The molecule has 0 aliphatic carbocycles. The van der Waals surface area contributed by atoms with Crippen molar-refractivity contribution >= 4 is 26.9 Å². The molecule has 0 amide bonds. The lowest BCUT2D eigenvalue weighted by Crippen LogP contribution is -2.01. The molecule has 0 bridgehead atoms. The van der Waals surface area contributed by atoms with Crippen LogP contribution in [-0.2, 0) is 0 Å². The summed E-state index contributed by atoms with van der Waals surface area (Å²) in [7, 11) is 0. The molecule has 0 fully saturated rings. The van der Waals surface area contributed by atoms with Crippen molar-refractivity contribution in [3.05, 3.63) is 45.0 Å². The van der Waals surface area contributed by atoms with Gasteiger partial charge in [-0.15, -0.1) is 0 Å². The van der Waals surface area contributed by atoms with E-state index < -0.39 is 5.82 Å². The summed E-state index contributed by atoms with van der Waals surface area (Å²) >= 11 is 3.01. The Bertz CT molecular complexity index is 518. The molecular formula is C9H4BrFO2. The number of benzene rings is 1. The van der Waals surface area contributed by atoms with Crippen LogP contribution in [0.2, 0.25) is 0 Å². The van der Waals surface area contributed by atoms with Crippen LogP contribution in [-0.4, -0.2) is 0 Å². The third-order valence-corrected chi connectivity index (χ3v) is 2.26. The minimum absolute atomic E-state index is 0.00398. The monoisotopic (exact) mass is 242 g/mol. The van der Waals surface area contributed by atoms with Gasteiger partial charge in [-0.3, -0.25) is 4.79 Å². The van der Waals surface area contributed by atoms with Gasteiger partial charge in [-0.2, -0.15) is 0 Å². The Morgan fingerprint density at radius 3 is 2.92 bits per heavy atom. The first-order valence-corrected chi connectivity index (χ1v) is 4.35. The van der Waals surface area contributed by atoms with Crippen LogP contribution in [0.15, 0.2) is 38.1 Å². The predicted octanol–water partition coefficient (Wildman–Crippen LogP) is 2.69. The number of halogens is 2. The maximum Gasteiger partial charge on any atom is 0.206 e. The predicted molar refractivity (Wildman–Crippen MR) is 50.1 cm³/mol. The summed E-state index contributed by atoms with van der Waals surface area (Å²) < 4.78 is 18.3. The lowest BCUT2D eigenvalue weighted by Gasteiger charge is -1.96. The fraction of sp³-hybridized carbons (Fsp3) is 0. The first kappa shape index (κ1) is 8.44. The summed E-state index contributed by atoms with van der Waals surface area (Å²) in [6.45, 7) is 0. The molecule has 0 atom stereocenters. The molecular weight excluding hydrogens is 239 g/mol. The molecule has 0 N–H and O–H groups in total. The molecule has 0 aliphatic heterocycles. The summed E-state index contributed by atoms with van der Waals surface area (Å²) in [6.07, 6.45) is 1.19. The van der Waals surface area contributed by atoms with Crippen LogP contribution in [0.1, 0.15) is 0 Å². The van der Waals surface area contributed by atoms with Crippen molar-refractivity contribution in [2.24, 2.45) is 0 Å². The van der Waals surface area contributed by atoms with Crippen molar-refractivity contribution in [3.63, 3.8) is 0 Å². The molecule has 13 heavy (non-hydrogen) atoms. The van der Waals surface area contributed by atoms with Crippen LogP contribution in [0, 0.1) is 5.82 Å². The second-order valence-corrected chi connectivity index (χ2v) is 3.38. The van der Waals surface area contributed by atoms with Crippen LogP contribution in [0.4, 0.5) is 4.39 Å². The first-order chi connectivity index (χ1) is 6.20. The van der Waals surface area contributed by atoms with Crippen LogP contribution in [0.3, 0.4) is 0 Å². The Morgan fingerprint density at radius 2 is 2.15 bits per heavy atom. The average molecular weight is 243 g/mol. The zero-order valence-electron chi connectivity index (χ0n) is 6.38. The molecule has 2 nitrogen and oxygen atoms in total. The maximum absolute atomic E-state index is 13.0. The highest BCUT2D eigenvalue weighted by molar-refractivity contribution is 9.10. The lowest BCUT2D eigenvalue weighted by molar-refractivity contribution is 0.548. The van der Waals surface area contributed by atoms with Gasteiger partial charge in [-0.25, -0.2) is 4.39 Å². The summed E-state index contributed by atoms with van der Waals surface area (Å²) in [6, 6.07) is 4.25. The molecule has 0 saturated heterocycles. The molecule has 0 aliphatic rings. The van der Waals surface area contributed by atoms with E-state index in [-0.39, 0.29) is 16.4 Å². The highest BCUT2D eigenvalue weighted by atomic mass is 79.9. The van der Waals surface area contributed by atoms with Crippen LogP contribution in [0.5, 0.6) is 0 Å². The third-order valence-electron chi connectivity index (χ3n) is 1.71. The molecule has 0 spiro atoms. The van der Waals surface area contributed by atoms with E-state index >= 15 is 0 Å². The van der Waals surface area contributed by atoms with Crippen molar-refractivity contribution in [1.29, 1.82) is 0 Å². The molecule has 66 valence electrons. The molecule has 1 heterocycles. The van der Waals surface area contributed by atoms with Crippen molar-refractivity contribution in [3.8, 4) is 0 Å². The largest absolute Gasteiger partial charge is 0.460 e. The summed E-state index contributed by atoms with van der Waals surface area (Å²) in [4.78, 5) is 11.4. The van der Waals surface area contributed by atoms with Gasteiger partial charge in [0, 0.05) is 0 Å². The zero-order chi connectivity index (χ0) is 9.42. The van der Waals surface area contributed by atoms with E-state index in [0.717, 1.165) is 0 Å². The van der Waals surface area contributed by atoms with E-state index in [9.17, 15) is 9.18 Å². The van der Waals surface area contributed by atoms with Crippen molar-refractivity contribution in [2.45, 2.75) is 0 Å². The third kappa shape index (κ3) is 1.27. The minimum Gasteiger partial charge on any atom is -0.460 e. The van der Waals surface area contributed by atoms with Crippen LogP contribution in [0.25, 0.3) is 11.0 Å². The van der Waals surface area contributed by atoms with Crippen molar-refractivity contribution in [1.82, 2.24) is 0 Å². The highest BCUT2D eigenvalue weighted by Gasteiger charge is 2.07. The van der Waals surface area contributed by atoms with Gasteiger partial charge < -0.3 is 4.42 Å². The fourth-order valence-electron chi connectivity index (χ4n) is 1.10. The maximum atomic E-state index is 13.0. The van der Waals surface area contributed by atoms with E-state index in [0.29, 0.717) is 4.47 Å². The van der Waals surface area contributed by atoms with Crippen molar-refractivity contribution < 1.29 is 8.81 Å². The molecule has 1 aromatic heterocycles. The second-order valence-electron chi connectivity index (χ2n) is 2.53. The quantitative estimate of drug-likeness (QED) is 0.712. The summed E-state index contributed by atoms with van der Waals surface area (Å²) in [5.74, 6) is -0.526. The Balaban J connectivity index is 3.03. The normalized spacial score (nSPS) is 10.6. The standard InChI is InChI=1S/C9H4BrFO2/c10-6-4-13-9-5(8(6)12)2-1-3-7(9)11/h1-4H. The van der Waals surface area contributed by atoms with E-state index in [4.69, 9.17) is 4.42 Å². The summed E-state index contributed by atoms with van der Waals surface area (Å²) in [5.41, 5.74) is -0.267. The molecule has 4 heteroatoms. The average Bonchev–Trinajstić information content (AvgIpc) is 2.12. The highest BCUT2D eigenvalue weighted by Crippen LogP contribution is 2.16. The SMILES string of the molecule is O=c1c(Br)coc2c(F)cccc12. The van der Waals surface area contributed by atoms with Gasteiger partial charge in [0.2, 0.25) is 5.43 Å².